The van der Waals surface area contributed by atoms with Crippen LogP contribution in [0.5, 0.6) is 23.0 Å². The Hall–Kier alpha value is -4.02. The molecule has 0 radical (unpaired) electrons. The number of aryl methyl sites for hydroxylation is 1. The molecule has 9 nitrogen and oxygen atoms in total. The van der Waals surface area contributed by atoms with E-state index in [0.717, 1.165) is 55.2 Å². The number of ether oxygens (including phenoxy) is 2. The molecule has 9 heteroatoms. The normalized spacial score (nSPS) is 27.9. The Balaban J connectivity index is 1.14. The second-order valence-corrected chi connectivity index (χ2v) is 15.8. The van der Waals surface area contributed by atoms with Gasteiger partial charge in [0.25, 0.3) is 0 Å². The van der Waals surface area contributed by atoms with E-state index in [1.807, 2.05) is 36.4 Å². The van der Waals surface area contributed by atoms with Crippen LogP contribution in [0.15, 0.2) is 67.0 Å². The lowest BCUT2D eigenvalue weighted by Crippen LogP contribution is -2.44. The first-order valence-electron chi connectivity index (χ1n) is 19.3. The first kappa shape index (κ1) is 37.3. The number of hydrogen-bond donors (Lipinski definition) is 6. The molecule has 0 amide bonds. The standard InChI is InChI=1S/C44H54NO8/c1-25-8-12-30(36(47)14-9-26-6-4-3-5-7-26)32(18-25)33-20-28(11-15-37(33)48)29-10-13-31-38(49)22-40(53-39(31)21-29)41-34(19-27-16-17-45-23-27)44(52-2)43(51)42(50)35(41)24-46/h3-7,11,15-17,20,23,25,29-32,36,38-40,46-51H,8-10,12-14,18-19,21-22,24H2,1-2H3/q-1/t25-,29+,30+,31-,32+,36+,38-,39-,40-/m0/s1. The molecule has 53 heavy (non-hydrogen) atoms. The average molecular weight is 725 g/mol. The van der Waals surface area contributed by atoms with Crippen molar-refractivity contribution in [2.75, 3.05) is 7.11 Å². The third-order valence-corrected chi connectivity index (χ3v) is 12.6. The molecule has 1 aliphatic heterocycles. The number of aromatic hydroxyl groups is 3. The zero-order valence-corrected chi connectivity index (χ0v) is 30.8. The van der Waals surface area contributed by atoms with Crippen LogP contribution in [0.3, 0.4) is 0 Å². The summed E-state index contributed by atoms with van der Waals surface area (Å²) in [7, 11) is 1.43. The van der Waals surface area contributed by atoms with Crippen LogP contribution in [0, 0.1) is 17.8 Å². The summed E-state index contributed by atoms with van der Waals surface area (Å²) in [6.45, 7) is 1.73. The first-order chi connectivity index (χ1) is 25.7. The Bertz CT molecular complexity index is 1830. The van der Waals surface area contributed by atoms with Gasteiger partial charge in [-0.15, -0.1) is 0 Å². The van der Waals surface area contributed by atoms with Gasteiger partial charge in [-0.25, -0.2) is 0 Å². The van der Waals surface area contributed by atoms with E-state index in [-0.39, 0.29) is 53.3 Å². The number of benzene rings is 3. The van der Waals surface area contributed by atoms with Gasteiger partial charge in [-0.3, -0.25) is 0 Å². The number of fused-ring (bicyclic) bond motifs is 1. The molecule has 4 aromatic rings. The highest BCUT2D eigenvalue weighted by Gasteiger charge is 2.44. The molecule has 3 aromatic carbocycles. The van der Waals surface area contributed by atoms with E-state index in [4.69, 9.17) is 9.47 Å². The summed E-state index contributed by atoms with van der Waals surface area (Å²) in [4.78, 5) is 4.18. The third kappa shape index (κ3) is 7.67. The van der Waals surface area contributed by atoms with Crippen LogP contribution >= 0.6 is 0 Å². The number of phenolic OH excluding ortho intramolecular Hbond substituents is 2. The summed E-state index contributed by atoms with van der Waals surface area (Å²) in [5.41, 5.74) is 5.38. The fourth-order valence-corrected chi connectivity index (χ4v) is 9.82. The molecule has 0 unspecified atom stereocenters. The van der Waals surface area contributed by atoms with Gasteiger partial charge in [-0.1, -0.05) is 67.4 Å². The Morgan fingerprint density at radius 1 is 0.906 bits per heavy atom. The molecule has 1 saturated heterocycles. The van der Waals surface area contributed by atoms with E-state index in [0.29, 0.717) is 36.3 Å². The van der Waals surface area contributed by atoms with Gasteiger partial charge < -0.3 is 45.1 Å². The van der Waals surface area contributed by atoms with Gasteiger partial charge in [-0.05, 0) is 103 Å². The van der Waals surface area contributed by atoms with Crippen LogP contribution < -0.4 is 9.72 Å². The maximum atomic E-state index is 11.6. The van der Waals surface area contributed by atoms with Crippen molar-refractivity contribution in [2.24, 2.45) is 17.8 Å². The lowest BCUT2D eigenvalue weighted by atomic mass is 9.67. The van der Waals surface area contributed by atoms with Crippen LogP contribution in [-0.4, -0.2) is 56.1 Å². The second-order valence-electron chi connectivity index (χ2n) is 15.8. The van der Waals surface area contributed by atoms with Gasteiger partial charge in [0.2, 0.25) is 5.75 Å². The Morgan fingerprint density at radius 2 is 1.72 bits per heavy atom. The quantitative estimate of drug-likeness (QED) is 0.0887. The zero-order valence-electron chi connectivity index (χ0n) is 30.8. The summed E-state index contributed by atoms with van der Waals surface area (Å²) in [6.07, 6.45) is 8.57. The maximum absolute atomic E-state index is 11.6. The molecule has 1 aromatic heterocycles. The number of phenols is 3. The SMILES string of the molecule is COc1c(O)c(O)c(CO)c([C@@H]2C[C@H](O)[C@@H]3CC[C@@H](c4ccc(O)c([C@@H]5C[C@@H](C)CC[C@H]5[C@H](O)CCc5ccccc5)c4)C[C@@H]3O2)c1Cc1cc[n-]c1. The van der Waals surface area contributed by atoms with Crippen molar-refractivity contribution in [2.45, 2.75) is 114 Å². The minimum Gasteiger partial charge on any atom is -0.670 e. The van der Waals surface area contributed by atoms with E-state index < -0.39 is 36.4 Å². The smallest absolute Gasteiger partial charge is 0.201 e. The predicted molar refractivity (Wildman–Crippen MR) is 201 cm³/mol. The number of nitrogens with zero attached hydrogens (tertiary/aromatic N) is 1. The summed E-state index contributed by atoms with van der Waals surface area (Å²) in [5.74, 6) is 0.128. The van der Waals surface area contributed by atoms with Crippen molar-refractivity contribution < 1.29 is 40.1 Å². The summed E-state index contributed by atoms with van der Waals surface area (Å²) < 4.78 is 12.5. The van der Waals surface area contributed by atoms with Gasteiger partial charge in [0, 0.05) is 23.5 Å². The molecule has 0 spiro atoms. The van der Waals surface area contributed by atoms with E-state index in [1.165, 1.54) is 12.7 Å². The monoisotopic (exact) mass is 724 g/mol. The van der Waals surface area contributed by atoms with Gasteiger partial charge in [0.1, 0.15) is 5.75 Å². The van der Waals surface area contributed by atoms with E-state index >= 15 is 0 Å². The van der Waals surface area contributed by atoms with Gasteiger partial charge in [-0.2, -0.15) is 12.4 Å². The molecule has 284 valence electrons. The Labute approximate surface area is 312 Å². The number of aromatic nitrogens is 1. The summed E-state index contributed by atoms with van der Waals surface area (Å²) in [5, 5.41) is 66.8. The molecule has 0 bridgehead atoms. The van der Waals surface area contributed by atoms with Crippen LogP contribution in [0.1, 0.15) is 115 Å². The number of rotatable bonds is 11. The van der Waals surface area contributed by atoms with E-state index in [9.17, 15) is 30.6 Å². The lowest BCUT2D eigenvalue weighted by Gasteiger charge is -2.46. The molecule has 3 aliphatic rings. The first-order valence-corrected chi connectivity index (χ1v) is 19.3. The number of hydrogen-bond acceptors (Lipinski definition) is 8. The van der Waals surface area contributed by atoms with Crippen molar-refractivity contribution in [3.05, 3.63) is 106 Å². The number of aliphatic hydroxyl groups excluding tert-OH is 3. The molecular formula is C44H54NO8-. The van der Waals surface area contributed by atoms with Crippen molar-refractivity contribution in [1.29, 1.82) is 0 Å². The molecule has 3 fully saturated rings. The van der Waals surface area contributed by atoms with Gasteiger partial charge in [0.05, 0.1) is 38.1 Å². The Kier molecular flexibility index (Phi) is 11.4. The maximum Gasteiger partial charge on any atom is 0.201 e. The highest BCUT2D eigenvalue weighted by Crippen LogP contribution is 2.53. The summed E-state index contributed by atoms with van der Waals surface area (Å²) in [6, 6.07) is 18.1. The van der Waals surface area contributed by atoms with E-state index in [2.05, 4.69) is 30.1 Å². The molecule has 2 heterocycles. The van der Waals surface area contributed by atoms with Gasteiger partial charge >= 0.3 is 0 Å². The largest absolute Gasteiger partial charge is 0.670 e. The fraction of sp³-hybridized carbons (Fsp3) is 0.500. The van der Waals surface area contributed by atoms with Crippen molar-refractivity contribution in [3.8, 4) is 23.0 Å². The fourth-order valence-electron chi connectivity index (χ4n) is 9.82. The van der Waals surface area contributed by atoms with Crippen LogP contribution in [0.2, 0.25) is 0 Å². The predicted octanol–water partition coefficient (Wildman–Crippen LogP) is 7.14. The van der Waals surface area contributed by atoms with E-state index in [1.54, 1.807) is 12.4 Å². The Morgan fingerprint density at radius 3 is 2.45 bits per heavy atom. The van der Waals surface area contributed by atoms with Crippen LogP contribution in [-0.2, 0) is 24.2 Å². The average Bonchev–Trinajstić information content (AvgIpc) is 3.69. The number of methoxy groups -OCH3 is 1. The third-order valence-electron chi connectivity index (χ3n) is 12.6. The van der Waals surface area contributed by atoms with Crippen molar-refractivity contribution in [3.63, 3.8) is 0 Å². The van der Waals surface area contributed by atoms with Crippen molar-refractivity contribution >= 4 is 0 Å². The molecule has 7 rings (SSSR count). The van der Waals surface area contributed by atoms with Crippen LogP contribution in [0.25, 0.3) is 0 Å². The molecular weight excluding hydrogens is 670 g/mol. The number of aliphatic hydroxyl groups is 3. The molecule has 6 N–H and O–H groups in total. The minimum atomic E-state index is -0.668. The summed E-state index contributed by atoms with van der Waals surface area (Å²) >= 11 is 0. The van der Waals surface area contributed by atoms with Gasteiger partial charge in [0.15, 0.2) is 11.5 Å². The highest BCUT2D eigenvalue weighted by molar-refractivity contribution is 5.64. The van der Waals surface area contributed by atoms with Crippen molar-refractivity contribution in [1.82, 2.24) is 4.98 Å². The zero-order chi connectivity index (χ0) is 37.2. The lowest BCUT2D eigenvalue weighted by molar-refractivity contribution is -0.154. The highest BCUT2D eigenvalue weighted by atomic mass is 16.5. The topological polar surface area (TPSA) is 154 Å². The molecule has 9 atom stereocenters. The minimum absolute atomic E-state index is 0.0445. The molecule has 2 aliphatic carbocycles. The van der Waals surface area contributed by atoms with Crippen LogP contribution in [0.4, 0.5) is 0 Å². The molecule has 2 saturated carbocycles. The second kappa shape index (κ2) is 16.1.